The van der Waals surface area contributed by atoms with Crippen LogP contribution in [0.5, 0.6) is 0 Å². The topological polar surface area (TPSA) is 62.9 Å². The summed E-state index contributed by atoms with van der Waals surface area (Å²) in [5.41, 5.74) is 2.77. The smallest absolute Gasteiger partial charge is 0.283 e. The summed E-state index contributed by atoms with van der Waals surface area (Å²) in [6.07, 6.45) is 4.64. The highest BCUT2D eigenvalue weighted by atomic mass is 16.1. The van der Waals surface area contributed by atoms with E-state index in [1.807, 2.05) is 36.4 Å². The van der Waals surface area contributed by atoms with Crippen molar-refractivity contribution in [1.29, 1.82) is 0 Å². The van der Waals surface area contributed by atoms with Gasteiger partial charge in [-0.3, -0.25) is 4.79 Å². The summed E-state index contributed by atoms with van der Waals surface area (Å²) in [6, 6.07) is 11.7. The molecule has 3 aromatic rings. The number of fused-ring (bicyclic) bond motifs is 1. The van der Waals surface area contributed by atoms with Crippen LogP contribution >= 0.6 is 0 Å². The molecule has 0 unspecified atom stereocenters. The molecule has 22 heavy (non-hydrogen) atoms. The van der Waals surface area contributed by atoms with Crippen LogP contribution in [0.1, 0.15) is 10.4 Å². The van der Waals surface area contributed by atoms with Crippen LogP contribution in [0.3, 0.4) is 0 Å². The molecule has 0 fully saturated rings. The minimum atomic E-state index is -0.360. The number of carbonyl (C=O) groups is 1. The Labute approximate surface area is 127 Å². The lowest BCUT2D eigenvalue weighted by Crippen LogP contribution is -2.09. The molecule has 2 aromatic heterocycles. The fourth-order valence-corrected chi connectivity index (χ4v) is 2.11. The van der Waals surface area contributed by atoms with Crippen molar-refractivity contribution in [1.82, 2.24) is 19.5 Å². The van der Waals surface area contributed by atoms with Crippen LogP contribution in [0.15, 0.2) is 53.8 Å². The Kier molecular flexibility index (Phi) is 3.65. The molecule has 0 saturated heterocycles. The van der Waals surface area contributed by atoms with Crippen LogP contribution in [-0.2, 0) is 0 Å². The summed E-state index contributed by atoms with van der Waals surface area (Å²) in [5.74, 6) is -0.360. The third-order valence-corrected chi connectivity index (χ3v) is 3.11. The predicted molar refractivity (Wildman–Crippen MR) is 84.9 cm³/mol. The molecule has 1 amide bonds. The van der Waals surface area contributed by atoms with Gasteiger partial charge in [0.25, 0.3) is 5.91 Å². The van der Waals surface area contributed by atoms with E-state index < -0.39 is 0 Å². The Morgan fingerprint density at radius 2 is 2.00 bits per heavy atom. The maximum absolute atomic E-state index is 12.2. The van der Waals surface area contributed by atoms with Gasteiger partial charge in [-0.25, -0.2) is 9.50 Å². The first-order chi connectivity index (χ1) is 10.7. The molecule has 6 nitrogen and oxygen atoms in total. The zero-order valence-electron chi connectivity index (χ0n) is 12.3. The van der Waals surface area contributed by atoms with E-state index in [-0.39, 0.29) is 5.91 Å². The highest BCUT2D eigenvalue weighted by Gasteiger charge is 2.15. The van der Waals surface area contributed by atoms with Gasteiger partial charge in [0.2, 0.25) is 0 Å². The molecule has 1 aromatic carbocycles. The summed E-state index contributed by atoms with van der Waals surface area (Å²) in [7, 11) is 3.61. The van der Waals surface area contributed by atoms with E-state index in [4.69, 9.17) is 0 Å². The molecule has 0 saturated carbocycles. The van der Waals surface area contributed by atoms with Crippen LogP contribution in [0.4, 0.5) is 0 Å². The van der Waals surface area contributed by atoms with Crippen molar-refractivity contribution >= 4 is 17.9 Å². The Morgan fingerprint density at radius 3 is 2.73 bits per heavy atom. The van der Waals surface area contributed by atoms with E-state index in [9.17, 15) is 4.79 Å². The van der Waals surface area contributed by atoms with Crippen molar-refractivity contribution < 1.29 is 4.79 Å². The quantitative estimate of drug-likeness (QED) is 0.548. The van der Waals surface area contributed by atoms with Crippen molar-refractivity contribution in [2.45, 2.75) is 0 Å². The molecule has 110 valence electrons. The molecular weight excluding hydrogens is 278 g/mol. The zero-order chi connectivity index (χ0) is 15.5. The minimum absolute atomic E-state index is 0.360. The first-order valence-corrected chi connectivity index (χ1v) is 6.80. The molecule has 0 atom stereocenters. The van der Waals surface area contributed by atoms with E-state index >= 15 is 0 Å². The standard InChI is InChI=1S/C16H15N5O/c1-20(2)11-18-16(22)13-10-19-21-14(8-9-17-15(13)21)12-6-4-3-5-7-12/h3-11H,1-2H3/b18-11+. The second kappa shape index (κ2) is 5.77. The van der Waals surface area contributed by atoms with Gasteiger partial charge in [0.15, 0.2) is 5.65 Å². The van der Waals surface area contributed by atoms with Gasteiger partial charge in [-0.05, 0) is 6.07 Å². The van der Waals surface area contributed by atoms with Gasteiger partial charge in [0, 0.05) is 25.9 Å². The number of amides is 1. The third kappa shape index (κ3) is 2.58. The molecule has 0 bridgehead atoms. The Hall–Kier alpha value is -3.02. The number of nitrogens with zero attached hydrogens (tertiary/aromatic N) is 5. The van der Waals surface area contributed by atoms with E-state index in [1.165, 1.54) is 12.5 Å². The molecule has 0 aliphatic rings. The van der Waals surface area contributed by atoms with Crippen LogP contribution < -0.4 is 0 Å². The van der Waals surface area contributed by atoms with Crippen molar-refractivity contribution in [3.05, 3.63) is 54.4 Å². The van der Waals surface area contributed by atoms with Gasteiger partial charge in [0.1, 0.15) is 5.56 Å². The summed E-state index contributed by atoms with van der Waals surface area (Å²) >= 11 is 0. The maximum atomic E-state index is 12.2. The average molecular weight is 293 g/mol. The van der Waals surface area contributed by atoms with Crippen LogP contribution in [0.25, 0.3) is 16.9 Å². The molecule has 0 aliphatic carbocycles. The maximum Gasteiger partial charge on any atom is 0.283 e. The molecule has 0 radical (unpaired) electrons. The lowest BCUT2D eigenvalue weighted by Gasteiger charge is -2.04. The molecular formula is C16H15N5O. The third-order valence-electron chi connectivity index (χ3n) is 3.11. The van der Waals surface area contributed by atoms with Crippen molar-refractivity contribution in [3.63, 3.8) is 0 Å². The monoisotopic (exact) mass is 293 g/mol. The van der Waals surface area contributed by atoms with Crippen molar-refractivity contribution in [2.24, 2.45) is 4.99 Å². The fraction of sp³-hybridized carbons (Fsp3) is 0.125. The van der Waals surface area contributed by atoms with Gasteiger partial charge in [-0.1, -0.05) is 30.3 Å². The Balaban J connectivity index is 2.08. The first-order valence-electron chi connectivity index (χ1n) is 6.80. The van der Waals surface area contributed by atoms with Gasteiger partial charge in [-0.15, -0.1) is 0 Å². The first kappa shape index (κ1) is 13.9. The second-order valence-electron chi connectivity index (χ2n) is 5.00. The predicted octanol–water partition coefficient (Wildman–Crippen LogP) is 2.13. The lowest BCUT2D eigenvalue weighted by molar-refractivity contribution is 0.100. The minimum Gasteiger partial charge on any atom is -0.369 e. The number of aromatic nitrogens is 3. The molecule has 6 heteroatoms. The zero-order valence-corrected chi connectivity index (χ0v) is 12.3. The lowest BCUT2D eigenvalue weighted by atomic mass is 10.1. The Morgan fingerprint density at radius 1 is 1.23 bits per heavy atom. The number of hydrogen-bond donors (Lipinski definition) is 0. The summed E-state index contributed by atoms with van der Waals surface area (Å²) in [5, 5.41) is 4.29. The van der Waals surface area contributed by atoms with Gasteiger partial charge < -0.3 is 4.90 Å². The average Bonchev–Trinajstić information content (AvgIpc) is 2.97. The van der Waals surface area contributed by atoms with E-state index in [0.717, 1.165) is 11.3 Å². The number of hydrogen-bond acceptors (Lipinski definition) is 3. The van der Waals surface area contributed by atoms with Crippen LogP contribution in [0, 0.1) is 0 Å². The number of carbonyl (C=O) groups excluding carboxylic acids is 1. The molecule has 0 spiro atoms. The van der Waals surface area contributed by atoms with Crippen LogP contribution in [-0.4, -0.2) is 45.8 Å². The van der Waals surface area contributed by atoms with E-state index in [0.29, 0.717) is 11.2 Å². The van der Waals surface area contributed by atoms with Crippen molar-refractivity contribution in [3.8, 4) is 11.3 Å². The molecule has 0 N–H and O–H groups in total. The normalized spacial score (nSPS) is 11.2. The van der Waals surface area contributed by atoms with Gasteiger partial charge in [-0.2, -0.15) is 10.1 Å². The fourth-order valence-electron chi connectivity index (χ4n) is 2.11. The largest absolute Gasteiger partial charge is 0.369 e. The molecule has 0 aliphatic heterocycles. The van der Waals surface area contributed by atoms with Gasteiger partial charge >= 0.3 is 0 Å². The SMILES string of the molecule is CN(C)/C=N/C(=O)c1cnn2c(-c3ccccc3)ccnc12. The number of aliphatic imine (C=N–C) groups is 1. The van der Waals surface area contributed by atoms with Gasteiger partial charge in [0.05, 0.1) is 18.2 Å². The van der Waals surface area contributed by atoms with E-state index in [1.54, 1.807) is 29.7 Å². The second-order valence-corrected chi connectivity index (χ2v) is 5.00. The van der Waals surface area contributed by atoms with E-state index in [2.05, 4.69) is 15.1 Å². The highest BCUT2D eigenvalue weighted by molar-refractivity contribution is 6.03. The summed E-state index contributed by atoms with van der Waals surface area (Å²) in [4.78, 5) is 22.0. The number of benzene rings is 1. The summed E-state index contributed by atoms with van der Waals surface area (Å²) in [6.45, 7) is 0. The Bertz CT molecular complexity index is 836. The van der Waals surface area contributed by atoms with Crippen LogP contribution in [0.2, 0.25) is 0 Å². The summed E-state index contributed by atoms with van der Waals surface area (Å²) < 4.78 is 1.66. The van der Waals surface area contributed by atoms with Crippen molar-refractivity contribution in [2.75, 3.05) is 14.1 Å². The molecule has 2 heterocycles. The number of rotatable bonds is 3. The highest BCUT2D eigenvalue weighted by Crippen LogP contribution is 2.20. The molecule has 3 rings (SSSR count).